The van der Waals surface area contributed by atoms with E-state index in [4.69, 9.17) is 5.73 Å². The van der Waals surface area contributed by atoms with E-state index in [1.54, 1.807) is 17.0 Å². The van der Waals surface area contributed by atoms with Gasteiger partial charge in [-0.1, -0.05) is 12.1 Å². The maximum atomic E-state index is 12.3. The first-order valence-corrected chi connectivity index (χ1v) is 8.82. The van der Waals surface area contributed by atoms with Gasteiger partial charge in [0.25, 0.3) is 0 Å². The second-order valence-corrected chi connectivity index (χ2v) is 7.27. The third-order valence-electron chi connectivity index (χ3n) is 3.46. The molecular weight excluding hydrogens is 290 g/mol. The summed E-state index contributed by atoms with van der Waals surface area (Å²) in [5.74, 6) is 0.000557. The summed E-state index contributed by atoms with van der Waals surface area (Å²) in [6.45, 7) is 1.09. The predicted molar refractivity (Wildman–Crippen MR) is 82.1 cm³/mol. The molecule has 6 nitrogen and oxygen atoms in total. The number of hydrogen-bond acceptors (Lipinski definition) is 4. The first kappa shape index (κ1) is 15.8. The average Bonchev–Trinajstić information content (AvgIpc) is 2.37. The summed E-state index contributed by atoms with van der Waals surface area (Å²) < 4.78 is 25.1. The number of benzene rings is 1. The quantitative estimate of drug-likeness (QED) is 0.785. The van der Waals surface area contributed by atoms with Crippen molar-refractivity contribution < 1.29 is 13.2 Å². The molecule has 1 fully saturated rings. The molecule has 1 heterocycles. The van der Waals surface area contributed by atoms with Crippen LogP contribution in [0, 0.1) is 0 Å². The molecule has 1 saturated heterocycles. The van der Waals surface area contributed by atoms with Crippen molar-refractivity contribution in [1.29, 1.82) is 0 Å². The minimum Gasteiger partial charge on any atom is -0.399 e. The maximum absolute atomic E-state index is 12.3. The van der Waals surface area contributed by atoms with Gasteiger partial charge >= 0.3 is 0 Å². The molecule has 7 heteroatoms. The van der Waals surface area contributed by atoms with Crippen molar-refractivity contribution in [1.82, 2.24) is 9.62 Å². The fourth-order valence-corrected chi connectivity index (χ4v) is 3.39. The summed E-state index contributed by atoms with van der Waals surface area (Å²) in [6, 6.07) is 7.06. The van der Waals surface area contributed by atoms with E-state index >= 15 is 0 Å². The van der Waals surface area contributed by atoms with Crippen LogP contribution in [0.15, 0.2) is 24.3 Å². The van der Waals surface area contributed by atoms with Gasteiger partial charge in [0.1, 0.15) is 0 Å². The van der Waals surface area contributed by atoms with E-state index in [1.165, 1.54) is 0 Å². The first-order valence-electron chi connectivity index (χ1n) is 6.93. The van der Waals surface area contributed by atoms with Gasteiger partial charge in [0.15, 0.2) is 0 Å². The van der Waals surface area contributed by atoms with E-state index in [0.29, 0.717) is 18.8 Å². The van der Waals surface area contributed by atoms with Crippen molar-refractivity contribution in [3.63, 3.8) is 0 Å². The zero-order valence-corrected chi connectivity index (χ0v) is 12.9. The van der Waals surface area contributed by atoms with Crippen LogP contribution in [0.25, 0.3) is 0 Å². The Bertz CT molecular complexity index is 616. The lowest BCUT2D eigenvalue weighted by atomic mass is 10.0. The number of rotatable bonds is 4. The van der Waals surface area contributed by atoms with Gasteiger partial charge < -0.3 is 10.6 Å². The minimum atomic E-state index is -3.24. The molecular formula is C14H21N3O3S. The molecule has 0 radical (unpaired) electrons. The third kappa shape index (κ3) is 5.02. The molecule has 21 heavy (non-hydrogen) atoms. The molecule has 2 rings (SSSR count). The number of nitrogen functional groups attached to an aromatic ring is 1. The number of sulfonamides is 1. The number of piperidine rings is 1. The van der Waals surface area contributed by atoms with Crippen LogP contribution in [0.4, 0.5) is 5.69 Å². The molecule has 0 spiro atoms. The highest BCUT2D eigenvalue weighted by molar-refractivity contribution is 7.88. The molecule has 1 atom stereocenters. The molecule has 1 aliphatic rings. The lowest BCUT2D eigenvalue weighted by molar-refractivity contribution is -0.131. The van der Waals surface area contributed by atoms with Gasteiger partial charge in [0, 0.05) is 24.8 Å². The van der Waals surface area contributed by atoms with E-state index < -0.39 is 10.0 Å². The van der Waals surface area contributed by atoms with E-state index in [0.717, 1.165) is 24.7 Å². The van der Waals surface area contributed by atoms with Gasteiger partial charge in [0.2, 0.25) is 15.9 Å². The number of nitrogens with one attached hydrogen (secondary N) is 1. The normalized spacial score (nSPS) is 19.5. The largest absolute Gasteiger partial charge is 0.399 e. The highest BCUT2D eigenvalue weighted by Crippen LogP contribution is 2.14. The Hall–Kier alpha value is -1.60. The van der Waals surface area contributed by atoms with Crippen LogP contribution in [-0.4, -0.2) is 44.6 Å². The Morgan fingerprint density at radius 2 is 2.24 bits per heavy atom. The number of anilines is 1. The number of likely N-dealkylation sites (tertiary alicyclic amines) is 1. The van der Waals surface area contributed by atoms with Crippen LogP contribution in [0.5, 0.6) is 0 Å². The highest BCUT2D eigenvalue weighted by atomic mass is 32.2. The minimum absolute atomic E-state index is 0.000557. The Morgan fingerprint density at radius 1 is 1.48 bits per heavy atom. The van der Waals surface area contributed by atoms with Crippen LogP contribution >= 0.6 is 0 Å². The number of hydrogen-bond donors (Lipinski definition) is 2. The van der Waals surface area contributed by atoms with Crippen molar-refractivity contribution in [3.8, 4) is 0 Å². The molecule has 3 N–H and O–H groups in total. The molecule has 1 aliphatic heterocycles. The van der Waals surface area contributed by atoms with Crippen LogP contribution in [0.3, 0.4) is 0 Å². The molecule has 0 saturated carbocycles. The average molecular weight is 311 g/mol. The molecule has 0 bridgehead atoms. The Labute approximate surface area is 125 Å². The number of amides is 1. The van der Waals surface area contributed by atoms with Crippen molar-refractivity contribution in [3.05, 3.63) is 29.8 Å². The summed E-state index contributed by atoms with van der Waals surface area (Å²) in [6.07, 6.45) is 2.99. The standard InChI is InChI=1S/C14H21N3O3S/c1-21(19,20)16-13-6-3-7-17(10-13)14(18)9-11-4-2-5-12(15)8-11/h2,4-5,8,13,16H,3,6-7,9-10,15H2,1H3. The first-order chi connectivity index (χ1) is 9.83. The van der Waals surface area contributed by atoms with Crippen LogP contribution < -0.4 is 10.5 Å². The van der Waals surface area contributed by atoms with Crippen LogP contribution in [0.2, 0.25) is 0 Å². The molecule has 1 unspecified atom stereocenters. The Morgan fingerprint density at radius 3 is 2.90 bits per heavy atom. The molecule has 0 aliphatic carbocycles. The number of carbonyl (C=O) groups excluding carboxylic acids is 1. The summed E-state index contributed by atoms with van der Waals surface area (Å²) in [5.41, 5.74) is 7.21. The van der Waals surface area contributed by atoms with E-state index in [2.05, 4.69) is 4.72 Å². The van der Waals surface area contributed by atoms with Gasteiger partial charge in [-0.05, 0) is 30.5 Å². The monoisotopic (exact) mass is 311 g/mol. The van der Waals surface area contributed by atoms with Gasteiger partial charge in [-0.2, -0.15) is 0 Å². The van der Waals surface area contributed by atoms with Gasteiger partial charge in [-0.3, -0.25) is 4.79 Å². The van der Waals surface area contributed by atoms with Gasteiger partial charge in [-0.25, -0.2) is 13.1 Å². The highest BCUT2D eigenvalue weighted by Gasteiger charge is 2.25. The molecule has 1 aromatic rings. The van der Waals surface area contributed by atoms with Crippen molar-refractivity contribution in [2.75, 3.05) is 25.1 Å². The second kappa shape index (κ2) is 6.44. The zero-order chi connectivity index (χ0) is 15.5. The van der Waals surface area contributed by atoms with Crippen molar-refractivity contribution in [2.45, 2.75) is 25.3 Å². The fraction of sp³-hybridized carbons (Fsp3) is 0.500. The number of carbonyl (C=O) groups is 1. The van der Waals surface area contributed by atoms with E-state index in [-0.39, 0.29) is 18.4 Å². The molecule has 0 aromatic heterocycles. The van der Waals surface area contributed by atoms with Crippen LogP contribution in [0.1, 0.15) is 18.4 Å². The lowest BCUT2D eigenvalue weighted by Gasteiger charge is -2.32. The van der Waals surface area contributed by atoms with E-state index in [1.807, 2.05) is 12.1 Å². The summed E-state index contributed by atoms with van der Waals surface area (Å²) >= 11 is 0. The van der Waals surface area contributed by atoms with Gasteiger partial charge in [0.05, 0.1) is 12.7 Å². The molecule has 1 aromatic carbocycles. The second-order valence-electron chi connectivity index (χ2n) is 5.49. The predicted octanol–water partition coefficient (Wildman–Crippen LogP) is 0.352. The zero-order valence-electron chi connectivity index (χ0n) is 12.1. The summed E-state index contributed by atoms with van der Waals surface area (Å²) in [4.78, 5) is 14.0. The lowest BCUT2D eigenvalue weighted by Crippen LogP contribution is -2.49. The smallest absolute Gasteiger partial charge is 0.227 e. The topological polar surface area (TPSA) is 92.5 Å². The van der Waals surface area contributed by atoms with E-state index in [9.17, 15) is 13.2 Å². The number of nitrogens with zero attached hydrogens (tertiary/aromatic N) is 1. The van der Waals surface area contributed by atoms with Gasteiger partial charge in [-0.15, -0.1) is 0 Å². The summed E-state index contributed by atoms with van der Waals surface area (Å²) in [7, 11) is -3.24. The summed E-state index contributed by atoms with van der Waals surface area (Å²) in [5, 5.41) is 0. The third-order valence-corrected chi connectivity index (χ3v) is 4.22. The Balaban J connectivity index is 1.96. The molecule has 1 amide bonds. The Kier molecular flexibility index (Phi) is 4.84. The molecule has 116 valence electrons. The van der Waals surface area contributed by atoms with Crippen molar-refractivity contribution in [2.24, 2.45) is 0 Å². The van der Waals surface area contributed by atoms with Crippen molar-refractivity contribution >= 4 is 21.6 Å². The maximum Gasteiger partial charge on any atom is 0.227 e. The SMILES string of the molecule is CS(=O)(=O)NC1CCCN(C(=O)Cc2cccc(N)c2)C1. The number of nitrogens with two attached hydrogens (primary N) is 1. The fourth-order valence-electron chi connectivity index (χ4n) is 2.59. The van der Waals surface area contributed by atoms with Crippen LogP contribution in [-0.2, 0) is 21.2 Å².